The minimum atomic E-state index is -0.369. The lowest BCUT2D eigenvalue weighted by molar-refractivity contribution is -0.384. The molecule has 2 N–H and O–H groups in total. The number of nitrogens with zero attached hydrogens (tertiary/aromatic N) is 1. The number of nitro groups is 1. The fourth-order valence-corrected chi connectivity index (χ4v) is 4.36. The number of non-ortho nitro benzene ring substituents is 1. The van der Waals surface area contributed by atoms with Crippen molar-refractivity contribution in [3.63, 3.8) is 0 Å². The van der Waals surface area contributed by atoms with Gasteiger partial charge in [0.1, 0.15) is 0 Å². The van der Waals surface area contributed by atoms with Crippen molar-refractivity contribution >= 4 is 49.3 Å². The van der Waals surface area contributed by atoms with Crippen LogP contribution >= 0.6 is 0 Å². The average Bonchev–Trinajstić information content (AvgIpc) is 3.31. The normalized spacial score (nSPS) is 11.7. The number of nitrogens with one attached hydrogen (secondary N) is 2. The van der Waals surface area contributed by atoms with Crippen molar-refractivity contribution in [2.75, 3.05) is 0 Å². The Morgan fingerprint density at radius 1 is 0.690 bits per heavy atom. The van der Waals surface area contributed by atoms with Crippen LogP contribution in [0, 0.1) is 10.1 Å². The third kappa shape index (κ3) is 2.21. The number of hydrogen-bond acceptors (Lipinski definition) is 2. The van der Waals surface area contributed by atoms with Gasteiger partial charge in [-0.2, -0.15) is 0 Å². The van der Waals surface area contributed by atoms with E-state index in [0.29, 0.717) is 0 Å². The molecule has 5 nitrogen and oxygen atoms in total. The van der Waals surface area contributed by atoms with E-state index in [1.165, 1.54) is 5.39 Å². The number of fused-ring (bicyclic) bond motifs is 7. The zero-order valence-electron chi connectivity index (χ0n) is 15.3. The standard InChI is InChI=1S/C24H15N3O2/c28-27(29)15-11-9-14(10-12-15)18-13-21-23(17-6-2-3-7-19(17)25-21)24-22(18)16-5-1-4-8-20(16)26-24/h1-13,25-26H. The summed E-state index contributed by atoms with van der Waals surface area (Å²) >= 11 is 0. The van der Waals surface area contributed by atoms with Crippen molar-refractivity contribution in [1.82, 2.24) is 9.97 Å². The van der Waals surface area contributed by atoms with Crippen LogP contribution in [-0.2, 0) is 0 Å². The SMILES string of the molecule is O=[N+]([O-])c1ccc(-c2cc3[nH]c4ccccc4c3c3[nH]c4ccccc4c23)cc1. The number of benzene rings is 4. The third-order valence-electron chi connectivity index (χ3n) is 5.64. The van der Waals surface area contributed by atoms with Crippen LogP contribution < -0.4 is 0 Å². The van der Waals surface area contributed by atoms with Gasteiger partial charge in [-0.1, -0.05) is 36.4 Å². The minimum Gasteiger partial charge on any atom is -0.354 e. The highest BCUT2D eigenvalue weighted by Gasteiger charge is 2.17. The van der Waals surface area contributed by atoms with Crippen LogP contribution in [0.3, 0.4) is 0 Å². The number of hydrogen-bond donors (Lipinski definition) is 2. The number of aromatic nitrogens is 2. The zero-order chi connectivity index (χ0) is 19.5. The molecule has 2 heterocycles. The van der Waals surface area contributed by atoms with Gasteiger partial charge in [0.15, 0.2) is 0 Å². The largest absolute Gasteiger partial charge is 0.354 e. The maximum Gasteiger partial charge on any atom is 0.269 e. The number of H-pyrrole nitrogens is 2. The topological polar surface area (TPSA) is 74.7 Å². The number of nitro benzene ring substituents is 1. The fourth-order valence-electron chi connectivity index (χ4n) is 4.36. The summed E-state index contributed by atoms with van der Waals surface area (Å²) in [5.41, 5.74) is 6.37. The maximum absolute atomic E-state index is 11.1. The predicted octanol–water partition coefficient (Wildman–Crippen LogP) is 6.53. The Morgan fingerprint density at radius 2 is 1.31 bits per heavy atom. The van der Waals surface area contributed by atoms with Gasteiger partial charge in [-0.25, -0.2) is 0 Å². The molecule has 0 spiro atoms. The monoisotopic (exact) mass is 377 g/mol. The van der Waals surface area contributed by atoms with Gasteiger partial charge in [0.05, 0.1) is 10.4 Å². The second-order valence-corrected chi connectivity index (χ2v) is 7.24. The van der Waals surface area contributed by atoms with Crippen LogP contribution in [0.5, 0.6) is 0 Å². The molecular formula is C24H15N3O2. The highest BCUT2D eigenvalue weighted by Crippen LogP contribution is 2.41. The zero-order valence-corrected chi connectivity index (χ0v) is 15.3. The Morgan fingerprint density at radius 3 is 2.00 bits per heavy atom. The molecule has 6 aromatic rings. The van der Waals surface area contributed by atoms with E-state index in [2.05, 4.69) is 40.3 Å². The molecule has 0 fully saturated rings. The van der Waals surface area contributed by atoms with Gasteiger partial charge >= 0.3 is 0 Å². The summed E-state index contributed by atoms with van der Waals surface area (Å²) in [6.45, 7) is 0. The molecule has 29 heavy (non-hydrogen) atoms. The first-order valence-corrected chi connectivity index (χ1v) is 9.39. The average molecular weight is 377 g/mol. The Hall–Kier alpha value is -4.12. The molecule has 138 valence electrons. The molecule has 0 unspecified atom stereocenters. The first kappa shape index (κ1) is 15.9. The maximum atomic E-state index is 11.1. The van der Waals surface area contributed by atoms with Gasteiger partial charge in [0.2, 0.25) is 0 Å². The third-order valence-corrected chi connectivity index (χ3v) is 5.64. The first-order chi connectivity index (χ1) is 14.2. The van der Waals surface area contributed by atoms with Gasteiger partial charge in [-0.15, -0.1) is 0 Å². The molecule has 2 aromatic heterocycles. The lowest BCUT2D eigenvalue weighted by Crippen LogP contribution is -1.88. The van der Waals surface area contributed by atoms with Crippen LogP contribution in [0.2, 0.25) is 0 Å². The van der Waals surface area contributed by atoms with Gasteiger partial charge < -0.3 is 9.97 Å². The smallest absolute Gasteiger partial charge is 0.269 e. The summed E-state index contributed by atoms with van der Waals surface area (Å²) in [7, 11) is 0. The van der Waals surface area contributed by atoms with Crippen molar-refractivity contribution in [2.45, 2.75) is 0 Å². The van der Waals surface area contributed by atoms with Gasteiger partial charge in [-0.05, 0) is 41.5 Å². The van der Waals surface area contributed by atoms with Crippen molar-refractivity contribution in [1.29, 1.82) is 0 Å². The molecule has 0 aliphatic rings. The summed E-state index contributed by atoms with van der Waals surface area (Å²) in [5.74, 6) is 0. The van der Waals surface area contributed by atoms with Gasteiger partial charge in [0.25, 0.3) is 5.69 Å². The Labute approximate surface area is 164 Å². The van der Waals surface area contributed by atoms with E-state index in [-0.39, 0.29) is 10.6 Å². The molecule has 0 bridgehead atoms. The Bertz CT molecular complexity index is 1570. The van der Waals surface area contributed by atoms with Crippen molar-refractivity contribution < 1.29 is 4.92 Å². The lowest BCUT2D eigenvalue weighted by Gasteiger charge is -2.07. The molecule has 0 amide bonds. The molecular weight excluding hydrogens is 362 g/mol. The highest BCUT2D eigenvalue weighted by molar-refractivity contribution is 6.28. The van der Waals surface area contributed by atoms with E-state index < -0.39 is 0 Å². The molecule has 0 aliphatic carbocycles. The van der Waals surface area contributed by atoms with Crippen LogP contribution in [0.4, 0.5) is 5.69 Å². The lowest BCUT2D eigenvalue weighted by atomic mass is 9.96. The van der Waals surface area contributed by atoms with Crippen LogP contribution in [0.25, 0.3) is 54.7 Å². The van der Waals surface area contributed by atoms with Crippen LogP contribution in [0.1, 0.15) is 0 Å². The fraction of sp³-hybridized carbons (Fsp3) is 0. The Kier molecular flexibility index (Phi) is 3.12. The number of rotatable bonds is 2. The van der Waals surface area contributed by atoms with Crippen molar-refractivity contribution in [3.05, 3.63) is 89.0 Å². The molecule has 0 saturated heterocycles. The van der Waals surface area contributed by atoms with E-state index in [1.807, 2.05) is 36.4 Å². The van der Waals surface area contributed by atoms with E-state index in [9.17, 15) is 10.1 Å². The van der Waals surface area contributed by atoms with E-state index in [1.54, 1.807) is 12.1 Å². The summed E-state index contributed by atoms with van der Waals surface area (Å²) in [5, 5.41) is 15.7. The minimum absolute atomic E-state index is 0.0932. The van der Waals surface area contributed by atoms with Gasteiger partial charge in [0, 0.05) is 50.2 Å². The predicted molar refractivity (Wildman–Crippen MR) is 117 cm³/mol. The molecule has 0 aliphatic heterocycles. The summed E-state index contributed by atoms with van der Waals surface area (Å²) in [6, 6.07) is 25.5. The van der Waals surface area contributed by atoms with E-state index in [0.717, 1.165) is 49.4 Å². The second kappa shape index (κ2) is 5.69. The van der Waals surface area contributed by atoms with E-state index >= 15 is 0 Å². The van der Waals surface area contributed by atoms with Crippen molar-refractivity contribution in [2.24, 2.45) is 0 Å². The molecule has 0 radical (unpaired) electrons. The summed E-state index contributed by atoms with van der Waals surface area (Å²) in [6.07, 6.45) is 0. The quantitative estimate of drug-likeness (QED) is 0.266. The summed E-state index contributed by atoms with van der Waals surface area (Å²) in [4.78, 5) is 17.8. The van der Waals surface area contributed by atoms with Crippen LogP contribution in [-0.4, -0.2) is 14.9 Å². The highest BCUT2D eigenvalue weighted by atomic mass is 16.6. The number of aromatic amines is 2. The molecule has 4 aromatic carbocycles. The van der Waals surface area contributed by atoms with Crippen LogP contribution in [0.15, 0.2) is 78.9 Å². The first-order valence-electron chi connectivity index (χ1n) is 9.39. The van der Waals surface area contributed by atoms with E-state index in [4.69, 9.17) is 0 Å². The van der Waals surface area contributed by atoms with Crippen molar-refractivity contribution in [3.8, 4) is 11.1 Å². The number of para-hydroxylation sites is 2. The second-order valence-electron chi connectivity index (χ2n) is 7.24. The molecule has 5 heteroatoms. The summed E-state index contributed by atoms with van der Waals surface area (Å²) < 4.78 is 0. The molecule has 0 saturated carbocycles. The molecule has 6 rings (SSSR count). The van der Waals surface area contributed by atoms with Gasteiger partial charge in [-0.3, -0.25) is 10.1 Å². The molecule has 0 atom stereocenters. The Balaban J connectivity index is 1.79.